The standard InChI is InChI=1S/C16H26BrClN2/c1-5-12(2)11-20(4)9-8-16(19-3)14-7-6-13(17)10-15(14)18/h6-7,10,12,16,19H,5,8-9,11H2,1-4H3. The van der Waals surface area contributed by atoms with E-state index in [9.17, 15) is 0 Å². The average Bonchev–Trinajstić information content (AvgIpc) is 2.41. The van der Waals surface area contributed by atoms with Crippen LogP contribution in [0, 0.1) is 5.92 Å². The molecule has 0 spiro atoms. The highest BCUT2D eigenvalue weighted by molar-refractivity contribution is 9.10. The van der Waals surface area contributed by atoms with Gasteiger partial charge in [0, 0.05) is 22.1 Å². The fraction of sp³-hybridized carbons (Fsp3) is 0.625. The van der Waals surface area contributed by atoms with Crippen molar-refractivity contribution >= 4 is 27.5 Å². The molecular formula is C16H26BrClN2. The minimum Gasteiger partial charge on any atom is -0.313 e. The molecule has 1 rings (SSSR count). The molecule has 0 saturated carbocycles. The number of hydrogen-bond acceptors (Lipinski definition) is 2. The second-order valence-corrected chi connectivity index (χ2v) is 6.89. The summed E-state index contributed by atoms with van der Waals surface area (Å²) in [4.78, 5) is 2.41. The predicted octanol–water partition coefficient (Wildman–Crippen LogP) is 4.73. The summed E-state index contributed by atoms with van der Waals surface area (Å²) in [6.45, 7) is 6.78. The molecule has 0 aromatic heterocycles. The van der Waals surface area contributed by atoms with E-state index in [4.69, 9.17) is 11.6 Å². The molecule has 1 N–H and O–H groups in total. The zero-order valence-corrected chi connectivity index (χ0v) is 15.3. The number of rotatable bonds is 8. The van der Waals surface area contributed by atoms with Crippen LogP contribution >= 0.6 is 27.5 Å². The molecule has 0 heterocycles. The highest BCUT2D eigenvalue weighted by Gasteiger charge is 2.14. The van der Waals surface area contributed by atoms with Crippen LogP contribution in [0.2, 0.25) is 5.02 Å². The minimum absolute atomic E-state index is 0.301. The normalized spacial score (nSPS) is 14.6. The number of hydrogen-bond donors (Lipinski definition) is 1. The van der Waals surface area contributed by atoms with E-state index in [1.165, 1.54) is 12.0 Å². The van der Waals surface area contributed by atoms with Crippen molar-refractivity contribution in [1.29, 1.82) is 0 Å². The lowest BCUT2D eigenvalue weighted by Crippen LogP contribution is -2.28. The van der Waals surface area contributed by atoms with Gasteiger partial charge in [0.25, 0.3) is 0 Å². The van der Waals surface area contributed by atoms with Crippen molar-refractivity contribution < 1.29 is 0 Å². The van der Waals surface area contributed by atoms with Crippen LogP contribution < -0.4 is 5.32 Å². The minimum atomic E-state index is 0.301. The topological polar surface area (TPSA) is 15.3 Å². The summed E-state index contributed by atoms with van der Waals surface area (Å²) >= 11 is 9.79. The Hall–Kier alpha value is -0.0900. The second kappa shape index (κ2) is 9.04. The third-order valence-electron chi connectivity index (χ3n) is 3.81. The van der Waals surface area contributed by atoms with E-state index in [1.54, 1.807) is 0 Å². The maximum Gasteiger partial charge on any atom is 0.0465 e. The lowest BCUT2D eigenvalue weighted by Gasteiger charge is -2.24. The highest BCUT2D eigenvalue weighted by Crippen LogP contribution is 2.28. The molecule has 0 saturated heterocycles. The van der Waals surface area contributed by atoms with Crippen LogP contribution in [0.5, 0.6) is 0 Å². The van der Waals surface area contributed by atoms with Crippen LogP contribution in [0.1, 0.15) is 38.3 Å². The first-order valence-electron chi connectivity index (χ1n) is 7.28. The van der Waals surface area contributed by atoms with Gasteiger partial charge in [-0.05, 0) is 50.7 Å². The van der Waals surface area contributed by atoms with E-state index in [1.807, 2.05) is 13.1 Å². The largest absolute Gasteiger partial charge is 0.313 e. The quantitative estimate of drug-likeness (QED) is 0.720. The lowest BCUT2D eigenvalue weighted by molar-refractivity contribution is 0.268. The van der Waals surface area contributed by atoms with Gasteiger partial charge in [0.05, 0.1) is 0 Å². The molecule has 4 heteroatoms. The lowest BCUT2D eigenvalue weighted by atomic mass is 10.0. The summed E-state index contributed by atoms with van der Waals surface area (Å²) in [7, 11) is 4.19. The summed E-state index contributed by atoms with van der Waals surface area (Å²) in [6, 6.07) is 6.41. The zero-order valence-electron chi connectivity index (χ0n) is 12.9. The molecule has 0 aliphatic heterocycles. The van der Waals surface area contributed by atoms with Crippen molar-refractivity contribution in [2.45, 2.75) is 32.7 Å². The Kier molecular flexibility index (Phi) is 8.11. The highest BCUT2D eigenvalue weighted by atomic mass is 79.9. The molecule has 0 fully saturated rings. The van der Waals surface area contributed by atoms with Crippen molar-refractivity contribution in [3.63, 3.8) is 0 Å². The van der Waals surface area contributed by atoms with Crippen LogP contribution in [0.25, 0.3) is 0 Å². The SMILES string of the molecule is CCC(C)CN(C)CCC(NC)c1ccc(Br)cc1Cl. The van der Waals surface area contributed by atoms with Crippen LogP contribution in [0.3, 0.4) is 0 Å². The van der Waals surface area contributed by atoms with Crippen LogP contribution in [0.15, 0.2) is 22.7 Å². The molecular weight excluding hydrogens is 336 g/mol. The second-order valence-electron chi connectivity index (χ2n) is 5.57. The summed E-state index contributed by atoms with van der Waals surface area (Å²) < 4.78 is 1.02. The van der Waals surface area contributed by atoms with E-state index in [2.05, 4.69) is 59.2 Å². The first-order chi connectivity index (χ1) is 9.47. The third kappa shape index (κ3) is 5.72. The Morgan fingerprint density at radius 1 is 1.40 bits per heavy atom. The maximum absolute atomic E-state index is 6.34. The molecule has 1 aromatic carbocycles. The van der Waals surface area contributed by atoms with Gasteiger partial charge in [0.1, 0.15) is 0 Å². The van der Waals surface area contributed by atoms with Crippen molar-refractivity contribution in [3.8, 4) is 0 Å². The van der Waals surface area contributed by atoms with Gasteiger partial charge in [0.2, 0.25) is 0 Å². The molecule has 0 amide bonds. The number of nitrogens with zero attached hydrogens (tertiary/aromatic N) is 1. The van der Waals surface area contributed by atoms with Gasteiger partial charge >= 0.3 is 0 Å². The fourth-order valence-electron chi connectivity index (χ4n) is 2.34. The number of nitrogens with one attached hydrogen (secondary N) is 1. The smallest absolute Gasteiger partial charge is 0.0465 e. The van der Waals surface area contributed by atoms with Crippen LogP contribution in [0.4, 0.5) is 0 Å². The van der Waals surface area contributed by atoms with E-state index < -0.39 is 0 Å². The molecule has 0 aliphatic rings. The molecule has 0 aliphatic carbocycles. The first kappa shape index (κ1) is 18.0. The molecule has 0 bridgehead atoms. The van der Waals surface area contributed by atoms with Gasteiger partial charge in [-0.3, -0.25) is 0 Å². The van der Waals surface area contributed by atoms with Gasteiger partial charge < -0.3 is 10.2 Å². The Morgan fingerprint density at radius 3 is 2.65 bits per heavy atom. The van der Waals surface area contributed by atoms with E-state index in [-0.39, 0.29) is 0 Å². The van der Waals surface area contributed by atoms with E-state index in [0.29, 0.717) is 6.04 Å². The predicted molar refractivity (Wildman–Crippen MR) is 92.5 cm³/mol. The van der Waals surface area contributed by atoms with Crippen LogP contribution in [-0.4, -0.2) is 32.1 Å². The monoisotopic (exact) mass is 360 g/mol. The molecule has 0 radical (unpaired) electrons. The third-order valence-corrected chi connectivity index (χ3v) is 4.63. The Bertz CT molecular complexity index is 411. The van der Waals surface area contributed by atoms with E-state index >= 15 is 0 Å². The molecule has 2 atom stereocenters. The average molecular weight is 362 g/mol. The van der Waals surface area contributed by atoms with Crippen molar-refractivity contribution in [2.75, 3.05) is 27.2 Å². The summed E-state index contributed by atoms with van der Waals surface area (Å²) in [5, 5.41) is 4.20. The Morgan fingerprint density at radius 2 is 2.10 bits per heavy atom. The molecule has 1 aromatic rings. The van der Waals surface area contributed by atoms with Gasteiger partial charge in [0.15, 0.2) is 0 Å². The van der Waals surface area contributed by atoms with Crippen molar-refractivity contribution in [1.82, 2.24) is 10.2 Å². The van der Waals surface area contributed by atoms with Crippen molar-refractivity contribution in [2.24, 2.45) is 5.92 Å². The van der Waals surface area contributed by atoms with Gasteiger partial charge in [-0.2, -0.15) is 0 Å². The summed E-state index contributed by atoms with van der Waals surface area (Å²) in [5.74, 6) is 0.754. The zero-order chi connectivity index (χ0) is 15.1. The van der Waals surface area contributed by atoms with Gasteiger partial charge in [-0.25, -0.2) is 0 Å². The fourth-order valence-corrected chi connectivity index (χ4v) is 3.15. The summed E-state index contributed by atoms with van der Waals surface area (Å²) in [5.41, 5.74) is 1.18. The molecule has 2 unspecified atom stereocenters. The van der Waals surface area contributed by atoms with Gasteiger partial charge in [-0.1, -0.05) is 53.9 Å². The first-order valence-corrected chi connectivity index (χ1v) is 8.45. The Labute approximate surface area is 137 Å². The molecule has 114 valence electrons. The van der Waals surface area contributed by atoms with E-state index in [0.717, 1.165) is 34.9 Å². The maximum atomic E-state index is 6.34. The van der Waals surface area contributed by atoms with Crippen LogP contribution in [-0.2, 0) is 0 Å². The summed E-state index contributed by atoms with van der Waals surface area (Å²) in [6.07, 6.45) is 2.29. The van der Waals surface area contributed by atoms with Gasteiger partial charge in [-0.15, -0.1) is 0 Å². The molecule has 20 heavy (non-hydrogen) atoms. The molecule has 2 nitrogen and oxygen atoms in total. The number of benzene rings is 1. The van der Waals surface area contributed by atoms with Crippen molar-refractivity contribution in [3.05, 3.63) is 33.3 Å². The Balaban J connectivity index is 2.59. The number of halogens is 2.